The fourth-order valence-corrected chi connectivity index (χ4v) is 0.749. The molecule has 0 saturated heterocycles. The molecule has 0 bridgehead atoms. The highest BCUT2D eigenvalue weighted by Crippen LogP contribution is 2.38. The third-order valence-electron chi connectivity index (χ3n) is 1.37. The highest BCUT2D eigenvalue weighted by atomic mass is 19.4. The highest BCUT2D eigenvalue weighted by molar-refractivity contribution is 5.61. The van der Waals surface area contributed by atoms with E-state index in [9.17, 15) is 22.4 Å². The molecule has 0 aromatic rings. The Hall–Kier alpha value is -1.07. The summed E-state index contributed by atoms with van der Waals surface area (Å²) in [6, 6.07) is 0. The Kier molecular flexibility index (Phi) is 1.85. The van der Waals surface area contributed by atoms with Gasteiger partial charge in [0, 0.05) is 0 Å². The molecule has 1 aliphatic heterocycles. The predicted octanol–water partition coefficient (Wildman–Crippen LogP) is 1.72. The Morgan fingerprint density at radius 1 is 1.58 bits per heavy atom. The zero-order valence-electron chi connectivity index (χ0n) is 5.69. The van der Waals surface area contributed by atoms with E-state index in [-0.39, 0.29) is 12.5 Å². The van der Waals surface area contributed by atoms with Gasteiger partial charge in [0.1, 0.15) is 0 Å². The van der Waals surface area contributed by atoms with Crippen molar-refractivity contribution in [1.82, 2.24) is 0 Å². The fourth-order valence-electron chi connectivity index (χ4n) is 0.749. The molecule has 1 rings (SSSR count). The van der Waals surface area contributed by atoms with Crippen LogP contribution in [0, 0.1) is 0 Å². The largest absolute Gasteiger partial charge is 0.459 e. The quantitative estimate of drug-likeness (QED) is 0.458. The number of alkyl halides is 4. The maximum Gasteiger partial charge on any atom is 0.415 e. The number of hydrogen-bond acceptors (Lipinski definition) is 2. The van der Waals surface area contributed by atoms with E-state index in [0.717, 1.165) is 0 Å². The van der Waals surface area contributed by atoms with Crippen molar-refractivity contribution >= 4 is 6.29 Å². The first kappa shape index (κ1) is 9.02. The monoisotopic (exact) mass is 184 g/mol. The zero-order valence-corrected chi connectivity index (χ0v) is 5.69. The molecule has 1 aliphatic rings. The lowest BCUT2D eigenvalue weighted by atomic mass is 10.1. The molecule has 0 spiro atoms. The van der Waals surface area contributed by atoms with Gasteiger partial charge < -0.3 is 4.74 Å². The van der Waals surface area contributed by atoms with Crippen molar-refractivity contribution in [2.45, 2.75) is 18.5 Å². The number of carbonyl (C=O) groups is 1. The van der Waals surface area contributed by atoms with Crippen LogP contribution in [0.1, 0.15) is 6.42 Å². The summed E-state index contributed by atoms with van der Waals surface area (Å²) < 4.78 is 52.0. The van der Waals surface area contributed by atoms with Gasteiger partial charge in [-0.2, -0.15) is 17.6 Å². The molecule has 0 radical (unpaired) electrons. The predicted molar refractivity (Wildman–Crippen MR) is 29.7 cm³/mol. The first-order chi connectivity index (χ1) is 5.37. The van der Waals surface area contributed by atoms with Crippen molar-refractivity contribution < 1.29 is 27.1 Å². The average Bonchev–Trinajstić information content (AvgIpc) is 2.32. The zero-order chi connectivity index (χ0) is 9.41. The molecule has 68 valence electrons. The van der Waals surface area contributed by atoms with Gasteiger partial charge in [0.05, 0.1) is 18.3 Å². The molecule has 6 heteroatoms. The lowest BCUT2D eigenvalue weighted by Gasteiger charge is -2.11. The van der Waals surface area contributed by atoms with Crippen LogP contribution in [0.2, 0.25) is 0 Å². The maximum atomic E-state index is 12.7. The Morgan fingerprint density at radius 3 is 2.42 bits per heavy atom. The number of hydrogen-bond donors (Lipinski definition) is 0. The Bertz CT molecular complexity index is 232. The molecule has 1 atom stereocenters. The van der Waals surface area contributed by atoms with E-state index in [1.807, 2.05) is 0 Å². The molecule has 0 aliphatic carbocycles. The van der Waals surface area contributed by atoms with Crippen molar-refractivity contribution in [2.24, 2.45) is 0 Å². The number of halogens is 4. The SMILES string of the molecule is O=CC1(F)CC(C(F)(F)F)=CO1. The second-order valence-electron chi connectivity index (χ2n) is 2.34. The van der Waals surface area contributed by atoms with E-state index in [4.69, 9.17) is 0 Å². The van der Waals surface area contributed by atoms with Gasteiger partial charge in [-0.25, -0.2) is 0 Å². The summed E-state index contributed by atoms with van der Waals surface area (Å²) in [5, 5.41) is 0. The minimum Gasteiger partial charge on any atom is -0.459 e. The first-order valence-corrected chi connectivity index (χ1v) is 2.97. The molecule has 0 amide bonds. The highest BCUT2D eigenvalue weighted by Gasteiger charge is 2.46. The standard InChI is InChI=1S/C6H4F4O2/c7-5(3-11)1-4(2-12-5)6(8,9)10/h2-3H,1H2. The summed E-state index contributed by atoms with van der Waals surface area (Å²) in [6.07, 6.45) is -5.76. The van der Waals surface area contributed by atoms with E-state index in [1.54, 1.807) is 0 Å². The van der Waals surface area contributed by atoms with Gasteiger partial charge in [-0.05, 0) is 0 Å². The third kappa shape index (κ3) is 1.57. The van der Waals surface area contributed by atoms with Crippen molar-refractivity contribution in [3.05, 3.63) is 11.8 Å². The molecule has 0 aromatic carbocycles. The van der Waals surface area contributed by atoms with Crippen LogP contribution in [-0.2, 0) is 9.53 Å². The normalized spacial score (nSPS) is 29.5. The summed E-state index contributed by atoms with van der Waals surface area (Å²) in [7, 11) is 0. The van der Waals surface area contributed by atoms with E-state index in [0.29, 0.717) is 0 Å². The molecule has 0 aromatic heterocycles. The second kappa shape index (κ2) is 2.46. The van der Waals surface area contributed by atoms with E-state index >= 15 is 0 Å². The van der Waals surface area contributed by atoms with Gasteiger partial charge in [-0.3, -0.25) is 4.79 Å². The van der Waals surface area contributed by atoms with E-state index in [2.05, 4.69) is 4.74 Å². The maximum absolute atomic E-state index is 12.7. The Morgan fingerprint density at radius 2 is 2.17 bits per heavy atom. The van der Waals surface area contributed by atoms with Crippen LogP contribution in [-0.4, -0.2) is 18.3 Å². The number of ether oxygens (including phenoxy) is 1. The van der Waals surface area contributed by atoms with Crippen LogP contribution in [0.15, 0.2) is 11.8 Å². The molecular weight excluding hydrogens is 180 g/mol. The van der Waals surface area contributed by atoms with Gasteiger partial charge in [0.2, 0.25) is 0 Å². The number of carbonyl (C=O) groups excluding carboxylic acids is 1. The fraction of sp³-hybridized carbons (Fsp3) is 0.500. The number of aldehydes is 1. The summed E-state index contributed by atoms with van der Waals surface area (Å²) in [5.74, 6) is -2.83. The van der Waals surface area contributed by atoms with E-state index in [1.165, 1.54) is 0 Å². The molecule has 2 nitrogen and oxygen atoms in total. The van der Waals surface area contributed by atoms with Crippen molar-refractivity contribution in [2.75, 3.05) is 0 Å². The van der Waals surface area contributed by atoms with Crippen molar-refractivity contribution in [3.8, 4) is 0 Å². The average molecular weight is 184 g/mol. The molecule has 1 heterocycles. The minimum atomic E-state index is -4.63. The molecule has 0 N–H and O–H groups in total. The molecule has 12 heavy (non-hydrogen) atoms. The second-order valence-corrected chi connectivity index (χ2v) is 2.34. The molecule has 0 saturated carbocycles. The molecular formula is C6H4F4O2. The van der Waals surface area contributed by atoms with Gasteiger partial charge in [-0.1, -0.05) is 0 Å². The summed E-state index contributed by atoms with van der Waals surface area (Å²) in [6.45, 7) is 0. The Balaban J connectivity index is 2.72. The minimum absolute atomic E-state index is 0.231. The summed E-state index contributed by atoms with van der Waals surface area (Å²) >= 11 is 0. The van der Waals surface area contributed by atoms with Crippen LogP contribution < -0.4 is 0 Å². The van der Waals surface area contributed by atoms with Crippen LogP contribution in [0.25, 0.3) is 0 Å². The smallest absolute Gasteiger partial charge is 0.415 e. The van der Waals surface area contributed by atoms with Crippen molar-refractivity contribution in [3.63, 3.8) is 0 Å². The van der Waals surface area contributed by atoms with Crippen LogP contribution in [0.4, 0.5) is 17.6 Å². The topological polar surface area (TPSA) is 26.3 Å². The third-order valence-corrected chi connectivity index (χ3v) is 1.37. The lowest BCUT2D eigenvalue weighted by molar-refractivity contribution is -0.142. The van der Waals surface area contributed by atoms with Crippen LogP contribution in [0.5, 0.6) is 0 Å². The van der Waals surface area contributed by atoms with Crippen LogP contribution in [0.3, 0.4) is 0 Å². The Labute approximate surface area is 64.8 Å². The summed E-state index contributed by atoms with van der Waals surface area (Å²) in [4.78, 5) is 9.90. The number of rotatable bonds is 1. The van der Waals surface area contributed by atoms with Gasteiger partial charge in [0.15, 0.2) is 6.29 Å². The molecule has 1 unspecified atom stereocenters. The first-order valence-electron chi connectivity index (χ1n) is 2.97. The van der Waals surface area contributed by atoms with Gasteiger partial charge in [-0.15, -0.1) is 0 Å². The van der Waals surface area contributed by atoms with Crippen molar-refractivity contribution in [1.29, 1.82) is 0 Å². The molecule has 0 fully saturated rings. The van der Waals surface area contributed by atoms with Gasteiger partial charge in [0.25, 0.3) is 0 Å². The summed E-state index contributed by atoms with van der Waals surface area (Å²) in [5.41, 5.74) is -1.17. The van der Waals surface area contributed by atoms with Gasteiger partial charge >= 0.3 is 12.0 Å². The lowest BCUT2D eigenvalue weighted by Crippen LogP contribution is -2.24. The van der Waals surface area contributed by atoms with E-state index < -0.39 is 24.0 Å². The van der Waals surface area contributed by atoms with Crippen LogP contribution >= 0.6 is 0 Å².